The van der Waals surface area contributed by atoms with Crippen molar-refractivity contribution in [2.24, 2.45) is 0 Å². The van der Waals surface area contributed by atoms with Crippen molar-refractivity contribution >= 4 is 11.8 Å². The average molecular weight is 266 g/mol. The number of hydrogen-bond donors (Lipinski definition) is 0. The molecule has 1 aromatic carbocycles. The number of Topliss-reactive ketones (excluding diaryl/α,β-unsaturated/α-hetero) is 1. The highest BCUT2D eigenvalue weighted by molar-refractivity contribution is 6.33. The zero-order chi connectivity index (χ0) is 14.3. The van der Waals surface area contributed by atoms with Crippen molar-refractivity contribution in [1.29, 1.82) is 0 Å². The first-order valence-corrected chi connectivity index (χ1v) is 6.03. The number of carbonyl (C=O) groups is 2. The van der Waals surface area contributed by atoms with Gasteiger partial charge in [-0.05, 0) is 37.1 Å². The Bertz CT molecular complexity index is 453. The first-order valence-electron chi connectivity index (χ1n) is 6.03. The maximum absolute atomic E-state index is 11.5. The van der Waals surface area contributed by atoms with E-state index in [2.05, 4.69) is 4.74 Å². The third kappa shape index (κ3) is 4.28. The van der Waals surface area contributed by atoms with Crippen molar-refractivity contribution in [1.82, 2.24) is 0 Å². The summed E-state index contributed by atoms with van der Waals surface area (Å²) in [6, 6.07) is 5.33. The minimum atomic E-state index is -0.788. The van der Waals surface area contributed by atoms with Crippen LogP contribution in [0.15, 0.2) is 18.2 Å². The third-order valence-corrected chi connectivity index (χ3v) is 2.61. The van der Waals surface area contributed by atoms with Crippen molar-refractivity contribution in [3.63, 3.8) is 0 Å². The summed E-state index contributed by atoms with van der Waals surface area (Å²) in [7, 11) is 3.12. The lowest BCUT2D eigenvalue weighted by atomic mass is 10.1. The highest BCUT2D eigenvalue weighted by atomic mass is 16.5. The fraction of sp³-hybridized carbons (Fsp3) is 0.429. The zero-order valence-electron chi connectivity index (χ0n) is 11.4. The Balaban J connectivity index is 2.70. The molecule has 19 heavy (non-hydrogen) atoms. The van der Waals surface area contributed by atoms with E-state index in [0.717, 1.165) is 5.56 Å². The minimum absolute atomic E-state index is 0.0857. The van der Waals surface area contributed by atoms with E-state index in [1.807, 2.05) is 0 Å². The Kier molecular flexibility index (Phi) is 5.85. The lowest BCUT2D eigenvalue weighted by Crippen LogP contribution is -2.17. The molecule has 0 saturated carbocycles. The number of methoxy groups -OCH3 is 2. The quantitative estimate of drug-likeness (QED) is 0.556. The smallest absolute Gasteiger partial charge is 0.374 e. The second-order valence-corrected chi connectivity index (χ2v) is 3.82. The number of ether oxygens (including phenoxy) is 3. The van der Waals surface area contributed by atoms with E-state index in [1.165, 1.54) is 0 Å². The molecule has 5 heteroatoms. The molecule has 0 saturated heterocycles. The van der Waals surface area contributed by atoms with Gasteiger partial charge in [-0.25, -0.2) is 4.79 Å². The molecule has 0 bridgehead atoms. The summed E-state index contributed by atoms with van der Waals surface area (Å²) in [4.78, 5) is 22.7. The second-order valence-electron chi connectivity index (χ2n) is 3.82. The summed E-state index contributed by atoms with van der Waals surface area (Å²) < 4.78 is 15.0. The van der Waals surface area contributed by atoms with Crippen LogP contribution < -0.4 is 9.47 Å². The number of ketones is 1. The molecule has 0 N–H and O–H groups in total. The van der Waals surface area contributed by atoms with Gasteiger partial charge < -0.3 is 14.2 Å². The van der Waals surface area contributed by atoms with Gasteiger partial charge in [0.25, 0.3) is 0 Å². The van der Waals surface area contributed by atoms with Crippen LogP contribution in [0.5, 0.6) is 11.5 Å². The van der Waals surface area contributed by atoms with Crippen molar-refractivity contribution in [3.05, 3.63) is 23.8 Å². The lowest BCUT2D eigenvalue weighted by molar-refractivity contribution is -0.153. The summed E-state index contributed by atoms with van der Waals surface area (Å²) in [5, 5.41) is 0. The molecule has 0 atom stereocenters. The van der Waals surface area contributed by atoms with E-state index in [-0.39, 0.29) is 13.0 Å². The van der Waals surface area contributed by atoms with E-state index in [1.54, 1.807) is 39.3 Å². The van der Waals surface area contributed by atoms with Crippen LogP contribution >= 0.6 is 0 Å². The van der Waals surface area contributed by atoms with Gasteiger partial charge in [-0.15, -0.1) is 0 Å². The Morgan fingerprint density at radius 1 is 1.16 bits per heavy atom. The molecule has 0 aliphatic carbocycles. The van der Waals surface area contributed by atoms with Gasteiger partial charge in [-0.3, -0.25) is 4.79 Å². The van der Waals surface area contributed by atoms with Crippen LogP contribution in [0.2, 0.25) is 0 Å². The first-order chi connectivity index (χ1) is 9.12. The van der Waals surface area contributed by atoms with Gasteiger partial charge in [0.05, 0.1) is 20.8 Å². The topological polar surface area (TPSA) is 61.8 Å². The summed E-state index contributed by atoms with van der Waals surface area (Å²) in [5.41, 5.74) is 0.819. The van der Waals surface area contributed by atoms with Gasteiger partial charge in [0, 0.05) is 6.42 Å². The van der Waals surface area contributed by atoms with Crippen LogP contribution in [0, 0.1) is 0 Å². The van der Waals surface area contributed by atoms with E-state index in [4.69, 9.17) is 9.47 Å². The zero-order valence-corrected chi connectivity index (χ0v) is 11.4. The molecular weight excluding hydrogens is 248 g/mol. The maximum Gasteiger partial charge on any atom is 0.374 e. The molecule has 0 spiro atoms. The molecule has 0 aliphatic heterocycles. The molecule has 5 nitrogen and oxygen atoms in total. The van der Waals surface area contributed by atoms with E-state index in [9.17, 15) is 9.59 Å². The molecular formula is C14H18O5. The van der Waals surface area contributed by atoms with Gasteiger partial charge in [-0.2, -0.15) is 0 Å². The van der Waals surface area contributed by atoms with Crippen molar-refractivity contribution in [3.8, 4) is 11.5 Å². The molecule has 0 radical (unpaired) electrons. The van der Waals surface area contributed by atoms with Crippen LogP contribution in [0.3, 0.4) is 0 Å². The Labute approximate surface area is 112 Å². The van der Waals surface area contributed by atoms with Gasteiger partial charge in [0.2, 0.25) is 5.78 Å². The van der Waals surface area contributed by atoms with Gasteiger partial charge in [0.1, 0.15) is 11.5 Å². The molecule has 0 aliphatic rings. The summed E-state index contributed by atoms with van der Waals surface area (Å²) in [5.74, 6) is 0.0212. The summed E-state index contributed by atoms with van der Waals surface area (Å²) >= 11 is 0. The second kappa shape index (κ2) is 7.41. The van der Waals surface area contributed by atoms with Crippen molar-refractivity contribution in [2.75, 3.05) is 20.8 Å². The number of carbonyl (C=O) groups excluding carboxylic acids is 2. The number of aryl methyl sites for hydroxylation is 1. The average Bonchev–Trinajstić information content (AvgIpc) is 2.44. The van der Waals surface area contributed by atoms with Gasteiger partial charge >= 0.3 is 5.97 Å². The number of rotatable bonds is 7. The van der Waals surface area contributed by atoms with Crippen LogP contribution in [0.1, 0.15) is 18.9 Å². The Morgan fingerprint density at radius 3 is 2.47 bits per heavy atom. The highest BCUT2D eigenvalue weighted by Gasteiger charge is 2.16. The Morgan fingerprint density at radius 2 is 1.89 bits per heavy atom. The fourth-order valence-electron chi connectivity index (χ4n) is 1.64. The number of hydrogen-bond acceptors (Lipinski definition) is 5. The highest BCUT2D eigenvalue weighted by Crippen LogP contribution is 2.25. The van der Waals surface area contributed by atoms with Crippen molar-refractivity contribution < 1.29 is 23.8 Å². The molecule has 0 heterocycles. The minimum Gasteiger partial charge on any atom is -0.497 e. The lowest BCUT2D eigenvalue weighted by Gasteiger charge is -2.09. The maximum atomic E-state index is 11.5. The van der Waals surface area contributed by atoms with Crippen molar-refractivity contribution in [2.45, 2.75) is 19.8 Å². The van der Waals surface area contributed by atoms with Gasteiger partial charge in [-0.1, -0.05) is 0 Å². The largest absolute Gasteiger partial charge is 0.497 e. The van der Waals surface area contributed by atoms with E-state index >= 15 is 0 Å². The monoisotopic (exact) mass is 266 g/mol. The number of esters is 1. The van der Waals surface area contributed by atoms with Crippen LogP contribution in [-0.2, 0) is 20.7 Å². The van der Waals surface area contributed by atoms with E-state index in [0.29, 0.717) is 17.9 Å². The normalized spacial score (nSPS) is 9.84. The SMILES string of the molecule is CCOC(=O)C(=O)CCc1cc(OC)ccc1OC. The fourth-order valence-corrected chi connectivity index (χ4v) is 1.64. The molecule has 0 aromatic heterocycles. The summed E-state index contributed by atoms with van der Waals surface area (Å²) in [6.07, 6.45) is 0.486. The molecule has 0 fully saturated rings. The molecule has 0 unspecified atom stereocenters. The molecule has 104 valence electrons. The predicted molar refractivity (Wildman–Crippen MR) is 69.5 cm³/mol. The molecule has 1 rings (SSSR count). The van der Waals surface area contributed by atoms with Crippen LogP contribution in [-0.4, -0.2) is 32.6 Å². The molecule has 0 amide bonds. The Hall–Kier alpha value is -2.04. The van der Waals surface area contributed by atoms with Crippen LogP contribution in [0.4, 0.5) is 0 Å². The third-order valence-electron chi connectivity index (χ3n) is 2.61. The predicted octanol–water partition coefficient (Wildman–Crippen LogP) is 1.77. The van der Waals surface area contributed by atoms with E-state index < -0.39 is 11.8 Å². The van der Waals surface area contributed by atoms with Crippen LogP contribution in [0.25, 0.3) is 0 Å². The standard InChI is InChI=1S/C14H18O5/c1-4-19-14(16)12(15)7-5-10-9-11(17-2)6-8-13(10)18-3/h6,8-9H,4-5,7H2,1-3H3. The van der Waals surface area contributed by atoms with Gasteiger partial charge in [0.15, 0.2) is 0 Å². The number of benzene rings is 1. The summed E-state index contributed by atoms with van der Waals surface area (Å²) in [6.45, 7) is 1.86. The first kappa shape index (κ1) is 15.0. The molecule has 1 aromatic rings.